The number of ketones is 1. The molecule has 1 atom stereocenters. The van der Waals surface area contributed by atoms with E-state index in [1.165, 1.54) is 35.4 Å². The van der Waals surface area contributed by atoms with E-state index in [-0.39, 0.29) is 17.7 Å². The fourth-order valence-electron chi connectivity index (χ4n) is 4.39. The molecule has 0 aliphatic heterocycles. The minimum atomic E-state index is -0.510. The Balaban J connectivity index is 0.000000375. The lowest BCUT2D eigenvalue weighted by Gasteiger charge is -2.08. The number of benzene rings is 4. The van der Waals surface area contributed by atoms with Crippen molar-refractivity contribution in [2.24, 2.45) is 5.73 Å². The van der Waals surface area contributed by atoms with Crippen LogP contribution in [-0.4, -0.2) is 69.6 Å². The molecule has 0 saturated carbocycles. The van der Waals surface area contributed by atoms with Gasteiger partial charge >= 0.3 is 23.9 Å². The van der Waals surface area contributed by atoms with E-state index >= 15 is 0 Å². The van der Waals surface area contributed by atoms with Gasteiger partial charge in [0.2, 0.25) is 6.20 Å². The Morgan fingerprint density at radius 1 is 0.589 bits per heavy atom. The molecule has 0 fully saturated rings. The van der Waals surface area contributed by atoms with Gasteiger partial charge in [0.1, 0.15) is 0 Å². The monoisotopic (exact) mass is 768 g/mol. The van der Waals surface area contributed by atoms with Gasteiger partial charge in [0.15, 0.2) is 5.78 Å². The highest BCUT2D eigenvalue weighted by Crippen LogP contribution is 2.16. The molecular weight excluding hydrogens is 720 g/mol. The number of methoxy groups -OCH3 is 4. The molecule has 0 aliphatic rings. The van der Waals surface area contributed by atoms with Crippen molar-refractivity contribution in [2.75, 3.05) is 35.0 Å². The molecule has 1 unspecified atom stereocenters. The number of Topliss-reactive ketones (excluding diaryl/α,β-unsaturated/α-hetero) is 1. The zero-order valence-corrected chi connectivity index (χ0v) is 32.8. The van der Waals surface area contributed by atoms with Crippen LogP contribution in [0.4, 0.5) is 0 Å². The van der Waals surface area contributed by atoms with E-state index in [0.29, 0.717) is 51.4 Å². The number of nitro groups is 1. The zero-order chi connectivity index (χ0) is 42.4. The molecule has 0 heterocycles. The van der Waals surface area contributed by atoms with Gasteiger partial charge in [0, 0.05) is 11.1 Å². The van der Waals surface area contributed by atoms with Crippen LogP contribution < -0.4 is 5.73 Å². The summed E-state index contributed by atoms with van der Waals surface area (Å²) in [4.78, 5) is 64.9. The van der Waals surface area contributed by atoms with Crippen LogP contribution in [0.2, 0.25) is 0 Å². The summed E-state index contributed by atoms with van der Waals surface area (Å²) in [6, 6.07) is 27.3. The number of rotatable bonds is 10. The number of carbonyl (C=O) groups excluding carboxylic acids is 5. The Hall–Kier alpha value is -6.73. The Kier molecular flexibility index (Phi) is 20.7. The second-order valence-corrected chi connectivity index (χ2v) is 11.9. The highest BCUT2D eigenvalue weighted by atomic mass is 16.6. The van der Waals surface area contributed by atoms with E-state index in [9.17, 15) is 34.1 Å². The summed E-state index contributed by atoms with van der Waals surface area (Å²) in [5.74, 6) is -1.14. The van der Waals surface area contributed by atoms with Crippen molar-refractivity contribution in [3.63, 3.8) is 0 Å². The number of carbonyl (C=O) groups is 5. The van der Waals surface area contributed by atoms with Crippen molar-refractivity contribution >= 4 is 40.8 Å². The standard InChI is InChI=1S/C11H11NO4.C11H15NO2.C11H12O2.C10H10O3/c1-8(7-12(14)15)9-3-5-10(6-4-9)11(13)16-2;1-8(7-12)9-3-5-10(6-4-9)11(13)14-2;1-8(2)9-4-6-10(7-5-9)11(12)13-3;1-7(11)8-3-5-9(6-4-8)10(12)13-2/h3-7H,1-2H3;3-6,8H,7,12H2,1-2H3;4-7H,1H2,2-3H3;3-6H,1-2H3/b8-7+;;;. The summed E-state index contributed by atoms with van der Waals surface area (Å²) in [7, 11) is 5.36. The van der Waals surface area contributed by atoms with E-state index < -0.39 is 16.9 Å². The summed E-state index contributed by atoms with van der Waals surface area (Å²) in [5.41, 5.74) is 12.5. The average Bonchev–Trinajstić information content (AvgIpc) is 3.22. The molecule has 2 N–H and O–H groups in total. The smallest absolute Gasteiger partial charge is 0.337 e. The van der Waals surface area contributed by atoms with E-state index in [0.717, 1.165) is 22.9 Å². The summed E-state index contributed by atoms with van der Waals surface area (Å²) >= 11 is 0. The molecule has 4 aromatic carbocycles. The molecule has 0 spiro atoms. The van der Waals surface area contributed by atoms with Crippen LogP contribution in [0.1, 0.15) is 102 Å². The van der Waals surface area contributed by atoms with Crippen molar-refractivity contribution in [2.45, 2.75) is 33.6 Å². The fourth-order valence-corrected chi connectivity index (χ4v) is 4.39. The molecule has 0 aliphatic carbocycles. The summed E-state index contributed by atoms with van der Waals surface area (Å²) in [6.45, 7) is 11.5. The van der Waals surface area contributed by atoms with Crippen molar-refractivity contribution in [1.82, 2.24) is 0 Å². The average molecular weight is 769 g/mol. The Labute approximate surface area is 326 Å². The quantitative estimate of drug-likeness (QED) is 0.0542. The number of nitrogens with zero attached hydrogens (tertiary/aromatic N) is 1. The molecule has 0 saturated heterocycles. The molecule has 0 amide bonds. The van der Waals surface area contributed by atoms with Crippen molar-refractivity contribution < 1.29 is 47.8 Å². The van der Waals surface area contributed by atoms with Gasteiger partial charge in [-0.1, -0.05) is 67.6 Å². The fraction of sp³-hybridized carbons (Fsp3) is 0.233. The highest BCUT2D eigenvalue weighted by Gasteiger charge is 2.09. The second-order valence-electron chi connectivity index (χ2n) is 11.9. The molecule has 0 bridgehead atoms. The molecule has 0 aromatic heterocycles. The van der Waals surface area contributed by atoms with Gasteiger partial charge < -0.3 is 24.7 Å². The van der Waals surface area contributed by atoms with Gasteiger partial charge in [-0.2, -0.15) is 0 Å². The topological polar surface area (TPSA) is 191 Å². The number of hydrogen-bond acceptors (Lipinski definition) is 12. The third-order valence-electron chi connectivity index (χ3n) is 7.83. The molecule has 13 nitrogen and oxygen atoms in total. The van der Waals surface area contributed by atoms with E-state index in [1.807, 2.05) is 38.1 Å². The Bertz CT molecular complexity index is 1900. The second kappa shape index (κ2) is 24.6. The van der Waals surface area contributed by atoms with E-state index in [1.54, 1.807) is 79.7 Å². The minimum Gasteiger partial charge on any atom is -0.465 e. The lowest BCUT2D eigenvalue weighted by molar-refractivity contribution is -0.401. The number of esters is 4. The van der Waals surface area contributed by atoms with Crippen LogP contribution in [-0.2, 0) is 18.9 Å². The predicted molar refractivity (Wildman–Crippen MR) is 214 cm³/mol. The largest absolute Gasteiger partial charge is 0.465 e. The van der Waals surface area contributed by atoms with Gasteiger partial charge in [0.25, 0.3) is 0 Å². The number of ether oxygens (including phenoxy) is 4. The van der Waals surface area contributed by atoms with Crippen LogP contribution in [0.3, 0.4) is 0 Å². The van der Waals surface area contributed by atoms with Gasteiger partial charge in [-0.3, -0.25) is 14.9 Å². The van der Waals surface area contributed by atoms with E-state index in [2.05, 4.69) is 25.5 Å². The molecule has 4 aromatic rings. The molecular formula is C43H48N2O11. The predicted octanol–water partition coefficient (Wildman–Crippen LogP) is 7.83. The maximum Gasteiger partial charge on any atom is 0.337 e. The van der Waals surface area contributed by atoms with Crippen LogP contribution in [0.5, 0.6) is 0 Å². The summed E-state index contributed by atoms with van der Waals surface area (Å²) < 4.78 is 18.2. The SMILES string of the molecule is C=C(C)c1ccc(C(=O)OC)cc1.COC(=O)c1ccc(/C(C)=C/[N+](=O)[O-])cc1.COC(=O)c1ccc(C(C)=O)cc1.COC(=O)c1ccc(C(C)CN)cc1. The third kappa shape index (κ3) is 16.1. The van der Waals surface area contributed by atoms with Gasteiger partial charge in [0.05, 0.1) is 55.6 Å². The van der Waals surface area contributed by atoms with Crippen LogP contribution in [0.25, 0.3) is 11.1 Å². The van der Waals surface area contributed by atoms with Crippen LogP contribution in [0, 0.1) is 10.1 Å². The first-order valence-corrected chi connectivity index (χ1v) is 17.0. The van der Waals surface area contributed by atoms with Gasteiger partial charge in [-0.05, 0) is 98.5 Å². The first-order valence-electron chi connectivity index (χ1n) is 17.0. The minimum absolute atomic E-state index is 0.0172. The van der Waals surface area contributed by atoms with Crippen molar-refractivity contribution in [3.8, 4) is 0 Å². The van der Waals surface area contributed by atoms with Crippen molar-refractivity contribution in [3.05, 3.63) is 164 Å². The summed E-state index contributed by atoms with van der Waals surface area (Å²) in [6.07, 6.45) is 0.924. The molecule has 56 heavy (non-hydrogen) atoms. The maximum atomic E-state index is 11.1. The van der Waals surface area contributed by atoms with E-state index in [4.69, 9.17) is 5.73 Å². The van der Waals surface area contributed by atoms with Crippen LogP contribution in [0.15, 0.2) is 110 Å². The van der Waals surface area contributed by atoms with Gasteiger partial charge in [-0.15, -0.1) is 0 Å². The zero-order valence-electron chi connectivity index (χ0n) is 32.8. The normalized spacial score (nSPS) is 10.6. The maximum absolute atomic E-state index is 11.1. The number of allylic oxidation sites excluding steroid dienone is 2. The first kappa shape index (κ1) is 47.3. The molecule has 13 heteroatoms. The molecule has 0 radical (unpaired) electrons. The van der Waals surface area contributed by atoms with Crippen molar-refractivity contribution in [1.29, 1.82) is 0 Å². The Morgan fingerprint density at radius 3 is 1.14 bits per heavy atom. The number of nitrogens with two attached hydrogens (primary N) is 1. The molecule has 296 valence electrons. The van der Waals surface area contributed by atoms with Crippen LogP contribution >= 0.6 is 0 Å². The van der Waals surface area contributed by atoms with Gasteiger partial charge in [-0.25, -0.2) is 19.2 Å². The third-order valence-corrected chi connectivity index (χ3v) is 7.83. The lowest BCUT2D eigenvalue weighted by atomic mass is 10.0. The Morgan fingerprint density at radius 2 is 0.875 bits per heavy atom. The summed E-state index contributed by atoms with van der Waals surface area (Å²) in [5, 5.41) is 10.3. The lowest BCUT2D eigenvalue weighted by Crippen LogP contribution is -2.09. The highest BCUT2D eigenvalue weighted by molar-refractivity contribution is 5.96. The number of hydrogen-bond donors (Lipinski definition) is 1. The molecule has 4 rings (SSSR count). The first-order chi connectivity index (χ1) is 26.5.